The van der Waals surface area contributed by atoms with Gasteiger partial charge in [-0.1, -0.05) is 18.7 Å². The molecular formula is C10H15N5OS. The van der Waals surface area contributed by atoms with Crippen LogP contribution in [0.2, 0.25) is 0 Å². The molecule has 0 aliphatic carbocycles. The highest BCUT2D eigenvalue weighted by Crippen LogP contribution is 2.29. The van der Waals surface area contributed by atoms with Crippen LogP contribution in [0.5, 0.6) is 0 Å². The summed E-state index contributed by atoms with van der Waals surface area (Å²) in [5.74, 6) is 0.544. The fourth-order valence-corrected chi connectivity index (χ4v) is 2.25. The Hall–Kier alpha value is -1.34. The molecule has 2 heterocycles. The maximum absolute atomic E-state index is 9.53. The number of rotatable bonds is 4. The van der Waals surface area contributed by atoms with E-state index < -0.39 is 6.10 Å². The minimum absolute atomic E-state index is 0.0627. The summed E-state index contributed by atoms with van der Waals surface area (Å²) in [4.78, 5) is 8.63. The fraction of sp³-hybridized carbons (Fsp3) is 0.500. The zero-order valence-electron chi connectivity index (χ0n) is 9.93. The highest BCUT2D eigenvalue weighted by atomic mass is 32.2. The van der Waals surface area contributed by atoms with Crippen LogP contribution in [0.4, 0.5) is 5.95 Å². The molecule has 2 rings (SSSR count). The molecule has 0 saturated heterocycles. The van der Waals surface area contributed by atoms with E-state index in [4.69, 9.17) is 0 Å². The standard InChI is InChI=1S/C10H15N5OS/c1-5(16)6(2)17-9-7-4-12-15-8(7)13-10(11-3)14-9/h4-6,16H,1-3H3,(H2,11,12,13,14,15). The normalized spacial score (nSPS) is 14.8. The zero-order valence-corrected chi connectivity index (χ0v) is 10.7. The van der Waals surface area contributed by atoms with Gasteiger partial charge in [0.15, 0.2) is 5.65 Å². The van der Waals surface area contributed by atoms with Crippen LogP contribution < -0.4 is 5.32 Å². The summed E-state index contributed by atoms with van der Waals surface area (Å²) in [6.45, 7) is 3.73. The number of H-pyrrole nitrogens is 1. The molecule has 6 nitrogen and oxygen atoms in total. The molecule has 17 heavy (non-hydrogen) atoms. The van der Waals surface area contributed by atoms with E-state index in [0.717, 1.165) is 10.4 Å². The van der Waals surface area contributed by atoms with Crippen LogP contribution in [0, 0.1) is 0 Å². The Morgan fingerprint density at radius 3 is 2.82 bits per heavy atom. The molecule has 0 fully saturated rings. The Morgan fingerprint density at radius 2 is 2.18 bits per heavy atom. The van der Waals surface area contributed by atoms with Crippen molar-refractivity contribution in [1.82, 2.24) is 20.2 Å². The zero-order chi connectivity index (χ0) is 12.4. The minimum atomic E-state index is -0.394. The van der Waals surface area contributed by atoms with Crippen molar-refractivity contribution in [2.24, 2.45) is 0 Å². The van der Waals surface area contributed by atoms with Gasteiger partial charge in [-0.3, -0.25) is 5.10 Å². The highest BCUT2D eigenvalue weighted by molar-refractivity contribution is 8.00. The van der Waals surface area contributed by atoms with Crippen LogP contribution in [-0.4, -0.2) is 43.7 Å². The Labute approximate surface area is 103 Å². The van der Waals surface area contributed by atoms with E-state index in [-0.39, 0.29) is 5.25 Å². The SMILES string of the molecule is CNc1nc(SC(C)C(C)O)c2cn[nH]c2n1. The molecule has 0 amide bonds. The quantitative estimate of drug-likeness (QED) is 0.561. The number of anilines is 1. The highest BCUT2D eigenvalue weighted by Gasteiger charge is 2.15. The molecule has 2 aromatic heterocycles. The average Bonchev–Trinajstić information content (AvgIpc) is 2.76. The molecule has 2 atom stereocenters. The number of hydrogen-bond donors (Lipinski definition) is 3. The molecule has 3 N–H and O–H groups in total. The second kappa shape index (κ2) is 4.89. The number of nitrogens with zero attached hydrogens (tertiary/aromatic N) is 3. The molecular weight excluding hydrogens is 238 g/mol. The number of nitrogens with one attached hydrogen (secondary N) is 2. The van der Waals surface area contributed by atoms with E-state index in [9.17, 15) is 5.11 Å². The summed E-state index contributed by atoms with van der Waals surface area (Å²) in [5, 5.41) is 21.0. The van der Waals surface area contributed by atoms with E-state index in [1.165, 1.54) is 11.8 Å². The second-order valence-electron chi connectivity index (χ2n) is 3.80. The first-order chi connectivity index (χ1) is 8.11. The average molecular weight is 253 g/mol. The lowest BCUT2D eigenvalue weighted by atomic mass is 10.3. The Bertz CT molecular complexity index is 512. The smallest absolute Gasteiger partial charge is 0.225 e. The lowest BCUT2D eigenvalue weighted by Crippen LogP contribution is -2.15. The van der Waals surface area contributed by atoms with Crippen LogP contribution in [0.25, 0.3) is 11.0 Å². The van der Waals surface area contributed by atoms with Gasteiger partial charge in [0.2, 0.25) is 5.95 Å². The fourth-order valence-electron chi connectivity index (χ4n) is 1.28. The Morgan fingerprint density at radius 1 is 1.41 bits per heavy atom. The van der Waals surface area contributed by atoms with Gasteiger partial charge in [0.1, 0.15) is 5.03 Å². The van der Waals surface area contributed by atoms with Crippen LogP contribution in [0.15, 0.2) is 11.2 Å². The summed E-state index contributed by atoms with van der Waals surface area (Å²) in [7, 11) is 1.77. The molecule has 0 aromatic carbocycles. The van der Waals surface area contributed by atoms with Gasteiger partial charge in [0, 0.05) is 12.3 Å². The van der Waals surface area contributed by atoms with Crippen molar-refractivity contribution in [2.45, 2.75) is 30.2 Å². The van der Waals surface area contributed by atoms with Crippen molar-refractivity contribution >= 4 is 28.7 Å². The van der Waals surface area contributed by atoms with Gasteiger partial charge in [-0.2, -0.15) is 10.1 Å². The monoisotopic (exact) mass is 253 g/mol. The lowest BCUT2D eigenvalue weighted by molar-refractivity contribution is 0.196. The summed E-state index contributed by atoms with van der Waals surface area (Å²) in [6, 6.07) is 0. The van der Waals surface area contributed by atoms with Crippen molar-refractivity contribution in [3.05, 3.63) is 6.20 Å². The summed E-state index contributed by atoms with van der Waals surface area (Å²) in [6.07, 6.45) is 1.31. The van der Waals surface area contributed by atoms with Gasteiger partial charge in [-0.15, -0.1) is 0 Å². The summed E-state index contributed by atoms with van der Waals surface area (Å²) < 4.78 is 0. The van der Waals surface area contributed by atoms with Crippen molar-refractivity contribution in [3.63, 3.8) is 0 Å². The third kappa shape index (κ3) is 2.50. The molecule has 2 aromatic rings. The Kier molecular flexibility index (Phi) is 3.49. The van der Waals surface area contributed by atoms with E-state index in [0.29, 0.717) is 11.6 Å². The van der Waals surface area contributed by atoms with Crippen LogP contribution in [0.1, 0.15) is 13.8 Å². The van der Waals surface area contributed by atoms with Gasteiger partial charge >= 0.3 is 0 Å². The van der Waals surface area contributed by atoms with Gasteiger partial charge in [0.25, 0.3) is 0 Å². The van der Waals surface area contributed by atoms with Crippen LogP contribution in [-0.2, 0) is 0 Å². The first kappa shape index (κ1) is 12.1. The summed E-state index contributed by atoms with van der Waals surface area (Å²) in [5.41, 5.74) is 0.699. The van der Waals surface area contributed by atoms with E-state index in [1.54, 1.807) is 20.2 Å². The van der Waals surface area contributed by atoms with Gasteiger partial charge in [-0.05, 0) is 6.92 Å². The molecule has 7 heteroatoms. The molecule has 92 valence electrons. The van der Waals surface area contributed by atoms with E-state index >= 15 is 0 Å². The van der Waals surface area contributed by atoms with Crippen LogP contribution in [0.3, 0.4) is 0 Å². The van der Waals surface area contributed by atoms with Crippen LogP contribution >= 0.6 is 11.8 Å². The van der Waals surface area contributed by atoms with Crippen molar-refractivity contribution in [2.75, 3.05) is 12.4 Å². The lowest BCUT2D eigenvalue weighted by Gasteiger charge is -2.14. The van der Waals surface area contributed by atoms with Crippen molar-refractivity contribution in [1.29, 1.82) is 0 Å². The van der Waals surface area contributed by atoms with Crippen molar-refractivity contribution in [3.8, 4) is 0 Å². The molecule has 2 unspecified atom stereocenters. The number of aromatic nitrogens is 4. The molecule has 0 radical (unpaired) electrons. The largest absolute Gasteiger partial charge is 0.392 e. The predicted octanol–water partition coefficient (Wildman–Crippen LogP) is 1.26. The third-order valence-electron chi connectivity index (χ3n) is 2.48. The number of aliphatic hydroxyl groups is 1. The van der Waals surface area contributed by atoms with E-state index in [1.807, 2.05) is 6.92 Å². The number of thioether (sulfide) groups is 1. The number of aromatic amines is 1. The van der Waals surface area contributed by atoms with Crippen molar-refractivity contribution < 1.29 is 5.11 Å². The topological polar surface area (TPSA) is 86.7 Å². The first-order valence-electron chi connectivity index (χ1n) is 5.35. The maximum Gasteiger partial charge on any atom is 0.225 e. The van der Waals surface area contributed by atoms with Gasteiger partial charge < -0.3 is 10.4 Å². The minimum Gasteiger partial charge on any atom is -0.392 e. The first-order valence-corrected chi connectivity index (χ1v) is 6.23. The molecule has 0 aliphatic rings. The maximum atomic E-state index is 9.53. The number of fused-ring (bicyclic) bond motifs is 1. The molecule has 0 aliphatic heterocycles. The molecule has 0 bridgehead atoms. The number of hydrogen-bond acceptors (Lipinski definition) is 6. The third-order valence-corrected chi connectivity index (χ3v) is 3.78. The molecule has 0 spiro atoms. The Balaban J connectivity index is 2.40. The summed E-state index contributed by atoms with van der Waals surface area (Å²) >= 11 is 1.51. The predicted molar refractivity (Wildman–Crippen MR) is 68.2 cm³/mol. The van der Waals surface area contributed by atoms with E-state index in [2.05, 4.69) is 25.5 Å². The second-order valence-corrected chi connectivity index (χ2v) is 5.16. The van der Waals surface area contributed by atoms with Gasteiger partial charge in [-0.25, -0.2) is 4.98 Å². The van der Waals surface area contributed by atoms with Gasteiger partial charge in [0.05, 0.1) is 17.7 Å². The molecule has 0 saturated carbocycles. The number of aliphatic hydroxyl groups excluding tert-OH is 1.